The van der Waals surface area contributed by atoms with Gasteiger partial charge in [0.05, 0.1) is 12.6 Å². The van der Waals surface area contributed by atoms with Crippen LogP contribution in [0.3, 0.4) is 0 Å². The fourth-order valence-corrected chi connectivity index (χ4v) is 3.54. The molecule has 1 aliphatic heterocycles. The zero-order valence-corrected chi connectivity index (χ0v) is 16.6. The number of aryl methyl sites for hydroxylation is 2. The van der Waals surface area contributed by atoms with E-state index in [0.717, 1.165) is 31.2 Å². The van der Waals surface area contributed by atoms with E-state index in [1.54, 1.807) is 0 Å². The van der Waals surface area contributed by atoms with Crippen molar-refractivity contribution in [3.8, 4) is 0 Å². The predicted octanol–water partition coefficient (Wildman–Crippen LogP) is 3.85. The molecule has 128 valence electrons. The summed E-state index contributed by atoms with van der Waals surface area (Å²) in [6.45, 7) is 8.05. The Hall–Kier alpha value is -0.820. The van der Waals surface area contributed by atoms with Gasteiger partial charge in [0.25, 0.3) is 0 Å². The van der Waals surface area contributed by atoms with Crippen molar-refractivity contribution in [2.24, 2.45) is 22.1 Å². The molecule has 2 fully saturated rings. The maximum atomic E-state index is 6.08. The second-order valence-corrected chi connectivity index (χ2v) is 7.24. The Morgan fingerprint density at radius 3 is 2.57 bits per heavy atom. The SMILES string of the molecule is Cc1cc(C)cc(NC(N)=NCC2(C)CCOC2C2CC2)c1.I. The summed E-state index contributed by atoms with van der Waals surface area (Å²) >= 11 is 0. The Labute approximate surface area is 156 Å². The minimum absolute atomic E-state index is 0. The van der Waals surface area contributed by atoms with Crippen molar-refractivity contribution in [3.05, 3.63) is 29.3 Å². The van der Waals surface area contributed by atoms with Crippen molar-refractivity contribution in [1.29, 1.82) is 0 Å². The van der Waals surface area contributed by atoms with Crippen molar-refractivity contribution >= 4 is 35.6 Å². The standard InChI is InChI=1S/C18H27N3O.HI/c1-12-8-13(2)10-15(9-12)21-17(19)20-11-18(3)6-7-22-16(18)14-4-5-14;/h8-10,14,16H,4-7,11H2,1-3H3,(H3,19,20,21);1H. The fraction of sp³-hybridized carbons (Fsp3) is 0.611. The van der Waals surface area contributed by atoms with E-state index in [1.807, 2.05) is 0 Å². The number of aliphatic imine (C=N–C) groups is 1. The van der Waals surface area contributed by atoms with Crippen LogP contribution in [0.2, 0.25) is 0 Å². The summed E-state index contributed by atoms with van der Waals surface area (Å²) in [4.78, 5) is 4.60. The number of hydrogen-bond acceptors (Lipinski definition) is 2. The number of rotatable bonds is 4. The van der Waals surface area contributed by atoms with E-state index in [0.29, 0.717) is 12.1 Å². The largest absolute Gasteiger partial charge is 0.377 e. The highest BCUT2D eigenvalue weighted by molar-refractivity contribution is 14.0. The highest BCUT2D eigenvalue weighted by Crippen LogP contribution is 2.47. The first-order valence-corrected chi connectivity index (χ1v) is 8.23. The fourth-order valence-electron chi connectivity index (χ4n) is 3.54. The molecule has 4 nitrogen and oxygen atoms in total. The summed E-state index contributed by atoms with van der Waals surface area (Å²) in [5.41, 5.74) is 9.66. The molecule has 0 bridgehead atoms. The molecule has 1 saturated heterocycles. The third-order valence-electron chi connectivity index (χ3n) is 4.81. The molecular formula is C18H28IN3O. The van der Waals surface area contributed by atoms with Gasteiger partial charge in [-0.2, -0.15) is 0 Å². The van der Waals surface area contributed by atoms with Crippen LogP contribution >= 0.6 is 24.0 Å². The smallest absolute Gasteiger partial charge is 0.193 e. The minimum atomic E-state index is 0. The number of nitrogens with two attached hydrogens (primary N) is 1. The summed E-state index contributed by atoms with van der Waals surface area (Å²) in [5, 5.41) is 3.21. The van der Waals surface area contributed by atoms with Crippen molar-refractivity contribution in [3.63, 3.8) is 0 Å². The van der Waals surface area contributed by atoms with Crippen LogP contribution < -0.4 is 11.1 Å². The number of hydrogen-bond donors (Lipinski definition) is 2. The lowest BCUT2D eigenvalue weighted by Crippen LogP contribution is -2.34. The maximum Gasteiger partial charge on any atom is 0.193 e. The first-order valence-electron chi connectivity index (χ1n) is 8.23. The Morgan fingerprint density at radius 2 is 1.96 bits per heavy atom. The van der Waals surface area contributed by atoms with Crippen LogP contribution in [0.5, 0.6) is 0 Å². The zero-order chi connectivity index (χ0) is 15.7. The Bertz CT molecular complexity index is 565. The molecule has 0 radical (unpaired) electrons. The molecule has 2 atom stereocenters. The van der Waals surface area contributed by atoms with Gasteiger partial charge in [-0.1, -0.05) is 13.0 Å². The zero-order valence-electron chi connectivity index (χ0n) is 14.3. The van der Waals surface area contributed by atoms with Crippen LogP contribution in [-0.4, -0.2) is 25.2 Å². The molecule has 1 aromatic carbocycles. The summed E-state index contributed by atoms with van der Waals surface area (Å²) in [5.74, 6) is 1.24. The lowest BCUT2D eigenvalue weighted by atomic mass is 9.81. The van der Waals surface area contributed by atoms with Gasteiger partial charge in [0.15, 0.2) is 5.96 Å². The molecular weight excluding hydrogens is 401 g/mol. The molecule has 23 heavy (non-hydrogen) atoms. The average molecular weight is 429 g/mol. The number of anilines is 1. The lowest BCUT2D eigenvalue weighted by molar-refractivity contribution is 0.0425. The van der Waals surface area contributed by atoms with Gasteiger partial charge in [0.2, 0.25) is 0 Å². The van der Waals surface area contributed by atoms with Gasteiger partial charge in [-0.25, -0.2) is 0 Å². The van der Waals surface area contributed by atoms with Crippen LogP contribution in [0.25, 0.3) is 0 Å². The number of nitrogens with zero attached hydrogens (tertiary/aromatic N) is 1. The van der Waals surface area contributed by atoms with E-state index in [9.17, 15) is 0 Å². The van der Waals surface area contributed by atoms with Crippen molar-refractivity contribution < 1.29 is 4.74 Å². The van der Waals surface area contributed by atoms with E-state index in [2.05, 4.69) is 49.3 Å². The average Bonchev–Trinajstić information content (AvgIpc) is 3.19. The van der Waals surface area contributed by atoms with E-state index < -0.39 is 0 Å². The quantitative estimate of drug-likeness (QED) is 0.434. The molecule has 1 aliphatic carbocycles. The molecule has 1 aromatic rings. The molecule has 2 aliphatic rings. The van der Waals surface area contributed by atoms with Gasteiger partial charge >= 0.3 is 0 Å². The monoisotopic (exact) mass is 429 g/mol. The Kier molecular flexibility index (Phi) is 5.94. The van der Waals surface area contributed by atoms with Crippen LogP contribution in [-0.2, 0) is 4.74 Å². The van der Waals surface area contributed by atoms with Gasteiger partial charge in [0, 0.05) is 17.7 Å². The van der Waals surface area contributed by atoms with Crippen LogP contribution in [0, 0.1) is 25.2 Å². The van der Waals surface area contributed by atoms with Crippen LogP contribution in [0.15, 0.2) is 23.2 Å². The molecule has 1 saturated carbocycles. The second kappa shape index (κ2) is 7.38. The Morgan fingerprint density at radius 1 is 1.30 bits per heavy atom. The van der Waals surface area contributed by atoms with Gasteiger partial charge in [-0.05, 0) is 62.3 Å². The van der Waals surface area contributed by atoms with Crippen molar-refractivity contribution in [2.75, 3.05) is 18.5 Å². The highest BCUT2D eigenvalue weighted by Gasteiger charge is 2.47. The molecule has 2 unspecified atom stereocenters. The summed E-state index contributed by atoms with van der Waals surface area (Å²) in [6.07, 6.45) is 4.06. The summed E-state index contributed by atoms with van der Waals surface area (Å²) in [7, 11) is 0. The highest BCUT2D eigenvalue weighted by atomic mass is 127. The summed E-state index contributed by atoms with van der Waals surface area (Å²) in [6, 6.07) is 6.32. The molecule has 0 spiro atoms. The van der Waals surface area contributed by atoms with Crippen LogP contribution in [0.1, 0.15) is 37.3 Å². The number of guanidine groups is 1. The minimum Gasteiger partial charge on any atom is -0.377 e. The lowest BCUT2D eigenvalue weighted by Gasteiger charge is -2.28. The van der Waals surface area contributed by atoms with Crippen LogP contribution in [0.4, 0.5) is 5.69 Å². The summed E-state index contributed by atoms with van der Waals surface area (Å²) < 4.78 is 5.94. The number of ether oxygens (including phenoxy) is 1. The third kappa shape index (κ3) is 4.59. The second-order valence-electron chi connectivity index (χ2n) is 7.24. The van der Waals surface area contributed by atoms with E-state index in [4.69, 9.17) is 10.5 Å². The normalized spacial score (nSPS) is 27.6. The van der Waals surface area contributed by atoms with Gasteiger partial charge in [0.1, 0.15) is 0 Å². The molecule has 0 amide bonds. The van der Waals surface area contributed by atoms with Gasteiger partial charge in [-0.15, -0.1) is 24.0 Å². The predicted molar refractivity (Wildman–Crippen MR) is 107 cm³/mol. The van der Waals surface area contributed by atoms with E-state index in [1.165, 1.54) is 24.0 Å². The third-order valence-corrected chi connectivity index (χ3v) is 4.81. The number of halogens is 1. The van der Waals surface area contributed by atoms with Gasteiger partial charge in [-0.3, -0.25) is 4.99 Å². The van der Waals surface area contributed by atoms with Crippen molar-refractivity contribution in [1.82, 2.24) is 0 Å². The number of nitrogens with one attached hydrogen (secondary N) is 1. The number of benzene rings is 1. The molecule has 3 rings (SSSR count). The van der Waals surface area contributed by atoms with Crippen molar-refractivity contribution in [2.45, 2.75) is 46.1 Å². The molecule has 0 aromatic heterocycles. The van der Waals surface area contributed by atoms with Gasteiger partial charge < -0.3 is 15.8 Å². The first kappa shape index (κ1) is 18.5. The molecule has 3 N–H and O–H groups in total. The molecule has 5 heteroatoms. The maximum absolute atomic E-state index is 6.08. The van der Waals surface area contributed by atoms with E-state index in [-0.39, 0.29) is 29.4 Å². The Balaban J connectivity index is 0.00000192. The molecule has 1 heterocycles. The topological polar surface area (TPSA) is 59.6 Å². The van der Waals surface area contributed by atoms with E-state index >= 15 is 0 Å². The first-order chi connectivity index (χ1) is 10.5.